The van der Waals surface area contributed by atoms with Gasteiger partial charge in [-0.3, -0.25) is 0 Å². The quantitative estimate of drug-likeness (QED) is 0.635. The van der Waals surface area contributed by atoms with Crippen molar-refractivity contribution in [3.63, 3.8) is 0 Å². The molecule has 0 spiro atoms. The van der Waals surface area contributed by atoms with Gasteiger partial charge in [-0.15, -0.1) is 0 Å². The summed E-state index contributed by atoms with van der Waals surface area (Å²) in [6.45, 7) is 2.30. The summed E-state index contributed by atoms with van der Waals surface area (Å²) in [5, 5.41) is 6.56. The highest BCUT2D eigenvalue weighted by molar-refractivity contribution is 5.62. The third-order valence-corrected chi connectivity index (χ3v) is 4.86. The number of nitrogens with zero attached hydrogens (tertiary/aromatic N) is 3. The van der Waals surface area contributed by atoms with Crippen molar-refractivity contribution in [2.45, 2.75) is 19.3 Å². The van der Waals surface area contributed by atoms with Gasteiger partial charge in [0.15, 0.2) is 0 Å². The van der Waals surface area contributed by atoms with Crippen molar-refractivity contribution in [3.05, 3.63) is 60.8 Å². The van der Waals surface area contributed by atoms with E-state index < -0.39 is 0 Å². The number of rotatable bonds is 6. The zero-order valence-corrected chi connectivity index (χ0v) is 16.1. The average Bonchev–Trinajstić information content (AvgIpc) is 2.76. The third-order valence-electron chi connectivity index (χ3n) is 4.86. The average molecular weight is 375 g/mol. The molecule has 6 nitrogen and oxygen atoms in total. The lowest BCUT2D eigenvalue weighted by Gasteiger charge is -2.28. The van der Waals surface area contributed by atoms with E-state index >= 15 is 0 Å². The minimum atomic E-state index is 0.559. The predicted octanol–water partition coefficient (Wildman–Crippen LogP) is 4.96. The van der Waals surface area contributed by atoms with Gasteiger partial charge in [-0.1, -0.05) is 0 Å². The van der Waals surface area contributed by atoms with Gasteiger partial charge in [0.1, 0.15) is 11.6 Å². The van der Waals surface area contributed by atoms with Crippen LogP contribution in [0.3, 0.4) is 0 Å². The first-order valence-corrected chi connectivity index (χ1v) is 9.66. The van der Waals surface area contributed by atoms with Crippen molar-refractivity contribution in [1.82, 2.24) is 9.97 Å². The SMILES string of the molecule is COc1ccc(Nc2ccnc(Nc3ccc(N4CCCCC4)cc3)n2)cc1. The van der Waals surface area contributed by atoms with Gasteiger partial charge in [0.2, 0.25) is 5.95 Å². The van der Waals surface area contributed by atoms with E-state index in [0.717, 1.165) is 36.0 Å². The molecule has 0 unspecified atom stereocenters. The second-order valence-electron chi connectivity index (χ2n) is 6.84. The monoisotopic (exact) mass is 375 g/mol. The van der Waals surface area contributed by atoms with Crippen LogP contribution >= 0.6 is 0 Å². The molecule has 1 aromatic heterocycles. The maximum atomic E-state index is 5.19. The Morgan fingerprint density at radius 2 is 1.50 bits per heavy atom. The Bertz CT molecular complexity index is 890. The van der Waals surface area contributed by atoms with Crippen LogP contribution in [0.25, 0.3) is 0 Å². The van der Waals surface area contributed by atoms with Crippen LogP contribution in [0.15, 0.2) is 60.8 Å². The van der Waals surface area contributed by atoms with Crippen LogP contribution in [0.4, 0.5) is 28.8 Å². The largest absolute Gasteiger partial charge is 0.497 e. The van der Waals surface area contributed by atoms with Crippen molar-refractivity contribution >= 4 is 28.8 Å². The molecule has 144 valence electrons. The lowest BCUT2D eigenvalue weighted by molar-refractivity contribution is 0.415. The summed E-state index contributed by atoms with van der Waals surface area (Å²) in [5.74, 6) is 2.11. The third kappa shape index (κ3) is 4.52. The molecule has 0 atom stereocenters. The van der Waals surface area contributed by atoms with Gasteiger partial charge in [0, 0.05) is 36.3 Å². The highest BCUT2D eigenvalue weighted by atomic mass is 16.5. The lowest BCUT2D eigenvalue weighted by Crippen LogP contribution is -2.29. The number of ether oxygens (including phenoxy) is 1. The molecule has 28 heavy (non-hydrogen) atoms. The van der Waals surface area contributed by atoms with Crippen molar-refractivity contribution in [3.8, 4) is 5.75 Å². The van der Waals surface area contributed by atoms with Crippen LogP contribution in [0, 0.1) is 0 Å². The van der Waals surface area contributed by atoms with Crippen molar-refractivity contribution in [2.24, 2.45) is 0 Å². The topological polar surface area (TPSA) is 62.3 Å². The van der Waals surface area contributed by atoms with Gasteiger partial charge in [-0.05, 0) is 73.9 Å². The van der Waals surface area contributed by atoms with E-state index in [9.17, 15) is 0 Å². The number of hydrogen-bond acceptors (Lipinski definition) is 6. The van der Waals surface area contributed by atoms with E-state index in [1.54, 1.807) is 13.3 Å². The molecule has 1 aliphatic heterocycles. The molecule has 2 aromatic carbocycles. The minimum absolute atomic E-state index is 0.559. The molecule has 0 radical (unpaired) electrons. The van der Waals surface area contributed by atoms with E-state index in [-0.39, 0.29) is 0 Å². The summed E-state index contributed by atoms with van der Waals surface area (Å²) in [6.07, 6.45) is 5.64. The van der Waals surface area contributed by atoms with Crippen LogP contribution in [0.1, 0.15) is 19.3 Å². The van der Waals surface area contributed by atoms with Crippen molar-refractivity contribution < 1.29 is 4.74 Å². The van der Waals surface area contributed by atoms with Gasteiger partial charge in [0.25, 0.3) is 0 Å². The molecule has 3 aromatic rings. The fraction of sp³-hybridized carbons (Fsp3) is 0.273. The summed E-state index contributed by atoms with van der Waals surface area (Å²) < 4.78 is 5.19. The molecule has 6 heteroatoms. The Kier molecular flexibility index (Phi) is 5.56. The Hall–Kier alpha value is -3.28. The van der Waals surface area contributed by atoms with Crippen LogP contribution in [-0.4, -0.2) is 30.2 Å². The van der Waals surface area contributed by atoms with Crippen LogP contribution < -0.4 is 20.3 Å². The predicted molar refractivity (Wildman–Crippen MR) is 114 cm³/mol. The second-order valence-corrected chi connectivity index (χ2v) is 6.84. The molecular weight excluding hydrogens is 350 g/mol. The smallest absolute Gasteiger partial charge is 0.229 e. The molecule has 0 saturated carbocycles. The molecule has 1 saturated heterocycles. The zero-order chi connectivity index (χ0) is 19.2. The molecule has 0 amide bonds. The molecule has 2 N–H and O–H groups in total. The normalized spacial score (nSPS) is 13.8. The number of piperidine rings is 1. The first-order valence-electron chi connectivity index (χ1n) is 9.66. The van der Waals surface area contributed by atoms with E-state index in [0.29, 0.717) is 5.95 Å². The van der Waals surface area contributed by atoms with Gasteiger partial charge >= 0.3 is 0 Å². The minimum Gasteiger partial charge on any atom is -0.497 e. The summed E-state index contributed by atoms with van der Waals surface area (Å²) in [6, 6.07) is 18.0. The standard InChI is InChI=1S/C22H25N5O/c1-28-20-11-7-17(8-12-20)24-21-13-14-23-22(26-21)25-18-5-9-19(10-6-18)27-15-3-2-4-16-27/h5-14H,2-4,15-16H2,1H3,(H2,23,24,25,26). The van der Waals surface area contributed by atoms with Crippen LogP contribution in [-0.2, 0) is 0 Å². The maximum absolute atomic E-state index is 5.19. The summed E-state index contributed by atoms with van der Waals surface area (Å²) in [5.41, 5.74) is 3.19. The first kappa shape index (κ1) is 18.1. The van der Waals surface area contributed by atoms with E-state index in [1.807, 2.05) is 30.3 Å². The van der Waals surface area contributed by atoms with E-state index in [2.05, 4.69) is 49.8 Å². The van der Waals surface area contributed by atoms with Gasteiger partial charge in [-0.25, -0.2) is 4.98 Å². The Morgan fingerprint density at radius 1 is 0.821 bits per heavy atom. The molecule has 1 aliphatic rings. The number of aromatic nitrogens is 2. The van der Waals surface area contributed by atoms with Gasteiger partial charge in [0.05, 0.1) is 7.11 Å². The van der Waals surface area contributed by atoms with Crippen LogP contribution in [0.5, 0.6) is 5.75 Å². The van der Waals surface area contributed by atoms with E-state index in [1.165, 1.54) is 24.9 Å². The number of benzene rings is 2. The molecule has 1 fully saturated rings. The fourth-order valence-electron chi connectivity index (χ4n) is 3.35. The first-order chi connectivity index (χ1) is 13.8. The summed E-state index contributed by atoms with van der Waals surface area (Å²) in [4.78, 5) is 11.3. The van der Waals surface area contributed by atoms with Crippen molar-refractivity contribution in [1.29, 1.82) is 0 Å². The number of anilines is 5. The Morgan fingerprint density at radius 3 is 2.21 bits per heavy atom. The van der Waals surface area contributed by atoms with Crippen LogP contribution in [0.2, 0.25) is 0 Å². The molecular formula is C22H25N5O. The highest BCUT2D eigenvalue weighted by Gasteiger charge is 2.10. The highest BCUT2D eigenvalue weighted by Crippen LogP contribution is 2.24. The molecule has 0 bridgehead atoms. The number of methoxy groups -OCH3 is 1. The Labute approximate surface area is 165 Å². The maximum Gasteiger partial charge on any atom is 0.229 e. The number of hydrogen-bond donors (Lipinski definition) is 2. The molecule has 4 rings (SSSR count). The summed E-state index contributed by atoms with van der Waals surface area (Å²) >= 11 is 0. The second kappa shape index (κ2) is 8.61. The lowest BCUT2D eigenvalue weighted by atomic mass is 10.1. The van der Waals surface area contributed by atoms with Crippen molar-refractivity contribution in [2.75, 3.05) is 35.7 Å². The Balaban J connectivity index is 1.41. The van der Waals surface area contributed by atoms with Gasteiger partial charge in [-0.2, -0.15) is 4.98 Å². The van der Waals surface area contributed by atoms with Gasteiger partial charge < -0.3 is 20.3 Å². The molecule has 2 heterocycles. The number of nitrogens with one attached hydrogen (secondary N) is 2. The van der Waals surface area contributed by atoms with E-state index in [4.69, 9.17) is 4.74 Å². The fourth-order valence-corrected chi connectivity index (χ4v) is 3.35. The molecule has 0 aliphatic carbocycles. The zero-order valence-electron chi connectivity index (χ0n) is 16.1. The summed E-state index contributed by atoms with van der Waals surface area (Å²) in [7, 11) is 1.66.